The van der Waals surface area contributed by atoms with Crippen molar-refractivity contribution in [1.82, 2.24) is 0 Å². The Kier molecular flexibility index (Phi) is 3.91. The van der Waals surface area contributed by atoms with Gasteiger partial charge in [0.15, 0.2) is 5.78 Å². The first-order valence-corrected chi connectivity index (χ1v) is 3.05. The van der Waals surface area contributed by atoms with Crippen LogP contribution in [0.5, 0.6) is 0 Å². The lowest BCUT2D eigenvalue weighted by atomic mass is 10.2. The summed E-state index contributed by atoms with van der Waals surface area (Å²) in [4.78, 5) is 10.5. The average molecular weight is 132 g/mol. The minimum absolute atomic E-state index is 0.0417. The molecule has 1 atom stereocenters. The van der Waals surface area contributed by atoms with Gasteiger partial charge in [-0.05, 0) is 0 Å². The zero-order valence-corrected chi connectivity index (χ0v) is 5.69. The Labute approximate surface area is 54.9 Å². The van der Waals surface area contributed by atoms with Crippen LogP contribution >= 0.6 is 12.6 Å². The number of Topliss-reactive ketones (excluding diaryl/α,β-unsaturated/α-hetero) is 1. The molecule has 0 bridgehead atoms. The maximum absolute atomic E-state index is 10.5. The van der Waals surface area contributed by atoms with Crippen molar-refractivity contribution in [3.05, 3.63) is 6.42 Å². The summed E-state index contributed by atoms with van der Waals surface area (Å²) < 4.78 is 0. The molecule has 1 radical (unpaired) electrons. The monoisotopic (exact) mass is 132 g/mol. The first kappa shape index (κ1) is 7.98. The number of hydrogen-bond acceptors (Lipinski definition) is 3. The van der Waals surface area contributed by atoms with Crippen LogP contribution in [0, 0.1) is 6.42 Å². The fraction of sp³-hybridized carbons (Fsp3) is 0.600. The largest absolute Gasteiger partial charge is 0.321 e. The van der Waals surface area contributed by atoms with Crippen LogP contribution in [-0.4, -0.2) is 17.6 Å². The van der Waals surface area contributed by atoms with Gasteiger partial charge in [0.1, 0.15) is 0 Å². The van der Waals surface area contributed by atoms with Crippen LogP contribution in [0.2, 0.25) is 0 Å². The van der Waals surface area contributed by atoms with Gasteiger partial charge in [0.25, 0.3) is 0 Å². The van der Waals surface area contributed by atoms with E-state index in [4.69, 9.17) is 5.73 Å². The molecular formula is C5H10NOS. The van der Waals surface area contributed by atoms with E-state index in [1.807, 2.05) is 0 Å². The van der Waals surface area contributed by atoms with Gasteiger partial charge in [-0.3, -0.25) is 4.79 Å². The first-order chi connectivity index (χ1) is 3.72. The Morgan fingerprint density at radius 3 is 2.62 bits per heavy atom. The molecule has 0 aliphatic heterocycles. The van der Waals surface area contributed by atoms with Gasteiger partial charge in [-0.25, -0.2) is 0 Å². The van der Waals surface area contributed by atoms with Crippen molar-refractivity contribution in [2.75, 3.05) is 5.75 Å². The number of ketones is 1. The fourth-order valence-corrected chi connectivity index (χ4v) is 0.484. The normalized spacial score (nSPS) is 13.4. The molecule has 0 aliphatic rings. The Morgan fingerprint density at radius 1 is 2.00 bits per heavy atom. The summed E-state index contributed by atoms with van der Waals surface area (Å²) in [6.07, 6.45) is 1.46. The van der Waals surface area contributed by atoms with Crippen molar-refractivity contribution in [3.8, 4) is 0 Å². The molecule has 0 heterocycles. The zero-order chi connectivity index (χ0) is 6.57. The average Bonchev–Trinajstić information content (AvgIpc) is 1.84. The molecule has 0 amide bonds. The van der Waals surface area contributed by atoms with Gasteiger partial charge in [-0.2, -0.15) is 12.6 Å². The van der Waals surface area contributed by atoms with Crippen LogP contribution in [0.1, 0.15) is 6.92 Å². The summed E-state index contributed by atoms with van der Waals surface area (Å²) in [6.45, 7) is 1.67. The lowest BCUT2D eigenvalue weighted by Gasteiger charge is -2.01. The second-order valence-corrected chi connectivity index (χ2v) is 1.85. The molecule has 8 heavy (non-hydrogen) atoms. The quantitative estimate of drug-likeness (QED) is 0.532. The Hall–Kier alpha value is -0.0200. The van der Waals surface area contributed by atoms with Crippen molar-refractivity contribution >= 4 is 18.4 Å². The maximum Gasteiger partial charge on any atom is 0.153 e. The van der Waals surface area contributed by atoms with Crippen molar-refractivity contribution in [2.24, 2.45) is 5.73 Å². The van der Waals surface area contributed by atoms with Crippen molar-refractivity contribution in [3.63, 3.8) is 0 Å². The zero-order valence-electron chi connectivity index (χ0n) is 4.79. The van der Waals surface area contributed by atoms with Gasteiger partial charge in [0, 0.05) is 12.2 Å². The predicted octanol–water partition coefficient (Wildman–Crippen LogP) is 0.0368. The molecule has 47 valence electrons. The van der Waals surface area contributed by atoms with Gasteiger partial charge in [-0.1, -0.05) is 6.92 Å². The molecule has 2 nitrogen and oxygen atoms in total. The number of carbonyl (C=O) groups is 1. The molecule has 2 N–H and O–H groups in total. The van der Waals surface area contributed by atoms with Crippen LogP contribution in [0.4, 0.5) is 0 Å². The summed E-state index contributed by atoms with van der Waals surface area (Å²) in [5, 5.41) is 0. The predicted molar refractivity (Wildman–Crippen MR) is 36.8 cm³/mol. The highest BCUT2D eigenvalue weighted by Crippen LogP contribution is 1.87. The number of nitrogens with two attached hydrogens (primary N) is 1. The molecule has 0 unspecified atom stereocenters. The third kappa shape index (κ3) is 2.33. The van der Waals surface area contributed by atoms with Crippen LogP contribution in [0.15, 0.2) is 0 Å². The van der Waals surface area contributed by atoms with Gasteiger partial charge in [-0.15, -0.1) is 0 Å². The molecule has 0 aromatic rings. The molecular weight excluding hydrogens is 122 g/mol. The van der Waals surface area contributed by atoms with Crippen LogP contribution in [0.25, 0.3) is 0 Å². The van der Waals surface area contributed by atoms with E-state index in [2.05, 4.69) is 12.6 Å². The van der Waals surface area contributed by atoms with Crippen molar-refractivity contribution < 1.29 is 4.79 Å². The maximum atomic E-state index is 10.5. The van der Waals surface area contributed by atoms with Gasteiger partial charge in [0.05, 0.1) is 6.04 Å². The van der Waals surface area contributed by atoms with Crippen LogP contribution in [0.3, 0.4) is 0 Å². The summed E-state index contributed by atoms with van der Waals surface area (Å²) in [5.41, 5.74) is 5.27. The molecule has 0 aliphatic carbocycles. The molecule has 0 rings (SSSR count). The van der Waals surface area contributed by atoms with Gasteiger partial charge < -0.3 is 5.73 Å². The van der Waals surface area contributed by atoms with E-state index in [1.165, 1.54) is 6.42 Å². The summed E-state index contributed by atoms with van der Waals surface area (Å²) in [6, 6.07) is -0.414. The van der Waals surface area contributed by atoms with E-state index in [0.29, 0.717) is 5.75 Å². The second kappa shape index (κ2) is 3.92. The Morgan fingerprint density at radius 2 is 2.50 bits per heavy atom. The highest BCUT2D eigenvalue weighted by molar-refractivity contribution is 7.80. The number of rotatable bonds is 3. The molecule has 3 heteroatoms. The molecule has 0 aromatic carbocycles. The Bertz CT molecular complexity index is 84.5. The summed E-state index contributed by atoms with van der Waals surface area (Å²) in [7, 11) is 0. The first-order valence-electron chi connectivity index (χ1n) is 2.42. The number of carbonyl (C=O) groups excluding carboxylic acids is 1. The highest BCUT2D eigenvalue weighted by Gasteiger charge is 2.07. The standard InChI is InChI=1S/C5H10NOS/c1-2-5(7)4(6)3-8/h2,4,8H,3,6H2,1H3/t4-/m1/s1. The SMILES string of the molecule is C[CH]C(=O)[C@H](N)CS. The molecule has 0 saturated heterocycles. The van der Waals surface area contributed by atoms with Gasteiger partial charge in [0.2, 0.25) is 0 Å². The van der Waals surface area contributed by atoms with E-state index < -0.39 is 6.04 Å². The molecule has 0 aromatic heterocycles. The van der Waals surface area contributed by atoms with E-state index in [9.17, 15) is 4.79 Å². The minimum Gasteiger partial charge on any atom is -0.321 e. The molecule has 0 spiro atoms. The summed E-state index contributed by atoms with van der Waals surface area (Å²) in [5.74, 6) is 0.378. The number of thiol groups is 1. The van der Waals surface area contributed by atoms with E-state index >= 15 is 0 Å². The lowest BCUT2D eigenvalue weighted by Crippen LogP contribution is -2.31. The van der Waals surface area contributed by atoms with E-state index in [0.717, 1.165) is 0 Å². The summed E-state index contributed by atoms with van der Waals surface area (Å²) >= 11 is 3.84. The topological polar surface area (TPSA) is 43.1 Å². The van der Waals surface area contributed by atoms with Crippen LogP contribution in [-0.2, 0) is 4.79 Å². The van der Waals surface area contributed by atoms with Gasteiger partial charge >= 0.3 is 0 Å². The second-order valence-electron chi connectivity index (χ2n) is 1.48. The van der Waals surface area contributed by atoms with E-state index in [1.54, 1.807) is 6.92 Å². The lowest BCUT2D eigenvalue weighted by molar-refractivity contribution is -0.116. The third-order valence-corrected chi connectivity index (χ3v) is 1.24. The van der Waals surface area contributed by atoms with Crippen LogP contribution < -0.4 is 5.73 Å². The molecule has 0 saturated carbocycles. The van der Waals surface area contributed by atoms with Crippen molar-refractivity contribution in [2.45, 2.75) is 13.0 Å². The van der Waals surface area contributed by atoms with Crippen molar-refractivity contribution in [1.29, 1.82) is 0 Å². The minimum atomic E-state index is -0.414. The highest BCUT2D eigenvalue weighted by atomic mass is 32.1. The Balaban J connectivity index is 3.46. The molecule has 0 fully saturated rings. The smallest absolute Gasteiger partial charge is 0.153 e. The van der Waals surface area contributed by atoms with E-state index in [-0.39, 0.29) is 5.78 Å². The third-order valence-electron chi connectivity index (χ3n) is 0.847. The number of hydrogen-bond donors (Lipinski definition) is 2. The fourth-order valence-electron chi connectivity index (χ4n) is 0.304.